The number of rotatable bonds is 3. The van der Waals surface area contributed by atoms with E-state index in [0.29, 0.717) is 0 Å². The molecule has 1 saturated heterocycles. The van der Waals surface area contributed by atoms with Gasteiger partial charge in [0.15, 0.2) is 0 Å². The number of hydrogen-bond donors (Lipinski definition) is 1. The molecule has 0 radical (unpaired) electrons. The lowest BCUT2D eigenvalue weighted by Gasteiger charge is -2.22. The molecule has 1 atom stereocenters. The number of nitrogens with one attached hydrogen (secondary N) is 1. The van der Waals surface area contributed by atoms with E-state index in [1.54, 1.807) is 11.8 Å². The van der Waals surface area contributed by atoms with Crippen molar-refractivity contribution in [2.45, 2.75) is 17.7 Å². The average molecular weight is 276 g/mol. The van der Waals surface area contributed by atoms with E-state index in [4.69, 9.17) is 23.2 Å². The second kappa shape index (κ2) is 6.15. The van der Waals surface area contributed by atoms with Crippen molar-refractivity contribution in [1.82, 2.24) is 5.32 Å². The molecule has 88 valence electrons. The van der Waals surface area contributed by atoms with Gasteiger partial charge in [-0.05, 0) is 44.0 Å². The van der Waals surface area contributed by atoms with E-state index < -0.39 is 0 Å². The van der Waals surface area contributed by atoms with Gasteiger partial charge in [0.05, 0.1) is 10.0 Å². The first-order valence-corrected chi connectivity index (χ1v) is 7.29. The summed E-state index contributed by atoms with van der Waals surface area (Å²) in [5.41, 5.74) is 0. The van der Waals surface area contributed by atoms with E-state index in [1.165, 1.54) is 12.8 Å². The summed E-state index contributed by atoms with van der Waals surface area (Å²) in [4.78, 5) is 1.02. The largest absolute Gasteiger partial charge is 0.316 e. The molecule has 1 N–H and O–H groups in total. The van der Waals surface area contributed by atoms with Gasteiger partial charge >= 0.3 is 0 Å². The van der Waals surface area contributed by atoms with Crippen LogP contribution < -0.4 is 5.32 Å². The molecule has 2 rings (SSSR count). The normalized spacial score (nSPS) is 21.0. The summed E-state index contributed by atoms with van der Waals surface area (Å²) in [5.74, 6) is 1.84. The molecular formula is C12H15Cl2NS. The van der Waals surface area contributed by atoms with Gasteiger partial charge in [-0.2, -0.15) is 0 Å². The Morgan fingerprint density at radius 2 is 2.06 bits per heavy atom. The fourth-order valence-electron chi connectivity index (χ4n) is 1.89. The highest BCUT2D eigenvalue weighted by atomic mass is 35.5. The zero-order valence-corrected chi connectivity index (χ0v) is 11.3. The van der Waals surface area contributed by atoms with Crippen LogP contribution in [0.2, 0.25) is 10.0 Å². The minimum Gasteiger partial charge on any atom is -0.316 e. The third-order valence-electron chi connectivity index (χ3n) is 2.78. The fraction of sp³-hybridized carbons (Fsp3) is 0.500. The zero-order chi connectivity index (χ0) is 11.4. The Hall–Kier alpha value is 0.110. The van der Waals surface area contributed by atoms with Crippen molar-refractivity contribution in [1.29, 1.82) is 0 Å². The average Bonchev–Trinajstić information content (AvgIpc) is 2.30. The molecule has 1 fully saturated rings. The van der Waals surface area contributed by atoms with E-state index in [0.717, 1.165) is 39.7 Å². The Labute approximate surface area is 111 Å². The fourth-order valence-corrected chi connectivity index (χ4v) is 3.71. The van der Waals surface area contributed by atoms with Gasteiger partial charge in [0, 0.05) is 10.6 Å². The van der Waals surface area contributed by atoms with Crippen LogP contribution in [0.3, 0.4) is 0 Å². The molecule has 1 aliphatic heterocycles. The quantitative estimate of drug-likeness (QED) is 0.835. The highest BCUT2D eigenvalue weighted by Gasteiger charge is 2.14. The van der Waals surface area contributed by atoms with Crippen LogP contribution in [0.15, 0.2) is 23.1 Å². The molecule has 0 amide bonds. The lowest BCUT2D eigenvalue weighted by atomic mass is 10.0. The molecule has 1 aliphatic rings. The summed E-state index contributed by atoms with van der Waals surface area (Å²) < 4.78 is 0. The number of halogens is 2. The van der Waals surface area contributed by atoms with Crippen molar-refractivity contribution in [2.24, 2.45) is 5.92 Å². The van der Waals surface area contributed by atoms with Gasteiger partial charge in [-0.3, -0.25) is 0 Å². The van der Waals surface area contributed by atoms with Gasteiger partial charge in [0.2, 0.25) is 0 Å². The maximum absolute atomic E-state index is 6.13. The SMILES string of the molecule is Clc1cccc(Cl)c1SCC1CCCNC1. The van der Waals surface area contributed by atoms with E-state index in [2.05, 4.69) is 5.32 Å². The smallest absolute Gasteiger partial charge is 0.0556 e. The Bertz CT molecular complexity index is 331. The molecule has 1 unspecified atom stereocenters. The van der Waals surface area contributed by atoms with Crippen LogP contribution >= 0.6 is 35.0 Å². The first-order valence-electron chi connectivity index (χ1n) is 5.55. The second-order valence-corrected chi connectivity index (χ2v) is 5.92. The van der Waals surface area contributed by atoms with Crippen LogP contribution in [-0.4, -0.2) is 18.8 Å². The van der Waals surface area contributed by atoms with Gasteiger partial charge in [-0.15, -0.1) is 11.8 Å². The van der Waals surface area contributed by atoms with Crippen molar-refractivity contribution in [2.75, 3.05) is 18.8 Å². The highest BCUT2D eigenvalue weighted by molar-refractivity contribution is 7.99. The maximum atomic E-state index is 6.13. The minimum atomic E-state index is 0.742. The van der Waals surface area contributed by atoms with Crippen molar-refractivity contribution >= 4 is 35.0 Å². The molecule has 0 saturated carbocycles. The van der Waals surface area contributed by atoms with Crippen LogP contribution in [0.5, 0.6) is 0 Å². The van der Waals surface area contributed by atoms with Gasteiger partial charge in [0.1, 0.15) is 0 Å². The predicted molar refractivity (Wildman–Crippen MR) is 72.8 cm³/mol. The Morgan fingerprint density at radius 3 is 2.69 bits per heavy atom. The molecule has 0 aliphatic carbocycles. The Balaban J connectivity index is 1.93. The summed E-state index contributed by atoms with van der Waals surface area (Å²) >= 11 is 14.0. The van der Waals surface area contributed by atoms with Crippen LogP contribution in [0.4, 0.5) is 0 Å². The first kappa shape index (κ1) is 12.6. The van der Waals surface area contributed by atoms with E-state index in [-0.39, 0.29) is 0 Å². The number of hydrogen-bond acceptors (Lipinski definition) is 2. The molecule has 0 bridgehead atoms. The topological polar surface area (TPSA) is 12.0 Å². The third kappa shape index (κ3) is 3.30. The van der Waals surface area contributed by atoms with Crippen molar-refractivity contribution < 1.29 is 0 Å². The third-order valence-corrected chi connectivity index (χ3v) is 5.00. The summed E-state index contributed by atoms with van der Waals surface area (Å²) in [6, 6.07) is 5.68. The van der Waals surface area contributed by atoms with Crippen LogP contribution in [0.25, 0.3) is 0 Å². The van der Waals surface area contributed by atoms with Crippen molar-refractivity contribution in [3.63, 3.8) is 0 Å². The molecule has 1 aromatic carbocycles. The number of benzene rings is 1. The molecule has 0 spiro atoms. The van der Waals surface area contributed by atoms with Crippen molar-refractivity contribution in [3.05, 3.63) is 28.2 Å². The summed E-state index contributed by atoms with van der Waals surface area (Å²) in [6.45, 7) is 2.28. The molecule has 1 aromatic rings. The standard InChI is InChI=1S/C12H15Cl2NS/c13-10-4-1-5-11(14)12(10)16-8-9-3-2-6-15-7-9/h1,4-5,9,15H,2-3,6-8H2. The lowest BCUT2D eigenvalue weighted by molar-refractivity contribution is 0.410. The minimum absolute atomic E-state index is 0.742. The summed E-state index contributed by atoms with van der Waals surface area (Å²) in [6.07, 6.45) is 2.59. The van der Waals surface area contributed by atoms with E-state index >= 15 is 0 Å². The molecular weight excluding hydrogens is 261 g/mol. The Kier molecular flexibility index (Phi) is 4.83. The number of piperidine rings is 1. The number of thioether (sulfide) groups is 1. The first-order chi connectivity index (χ1) is 7.77. The van der Waals surface area contributed by atoms with E-state index in [1.807, 2.05) is 18.2 Å². The van der Waals surface area contributed by atoms with E-state index in [9.17, 15) is 0 Å². The predicted octanol–water partition coefficient (Wildman–Crippen LogP) is 4.09. The second-order valence-electron chi connectivity index (χ2n) is 4.07. The monoisotopic (exact) mass is 275 g/mol. The van der Waals surface area contributed by atoms with Gasteiger partial charge in [-0.1, -0.05) is 29.3 Å². The maximum Gasteiger partial charge on any atom is 0.0556 e. The van der Waals surface area contributed by atoms with Crippen LogP contribution in [-0.2, 0) is 0 Å². The summed E-state index contributed by atoms with van der Waals surface area (Å²) in [5, 5.41) is 4.95. The zero-order valence-electron chi connectivity index (χ0n) is 9.01. The van der Waals surface area contributed by atoms with Crippen molar-refractivity contribution in [3.8, 4) is 0 Å². The van der Waals surface area contributed by atoms with Crippen LogP contribution in [0.1, 0.15) is 12.8 Å². The van der Waals surface area contributed by atoms with Gasteiger partial charge < -0.3 is 5.32 Å². The Morgan fingerprint density at radius 1 is 1.31 bits per heavy atom. The lowest BCUT2D eigenvalue weighted by Crippen LogP contribution is -2.30. The molecule has 0 aromatic heterocycles. The van der Waals surface area contributed by atoms with Gasteiger partial charge in [-0.25, -0.2) is 0 Å². The summed E-state index contributed by atoms with van der Waals surface area (Å²) in [7, 11) is 0. The molecule has 4 heteroatoms. The molecule has 16 heavy (non-hydrogen) atoms. The van der Waals surface area contributed by atoms with Crippen LogP contribution in [0, 0.1) is 5.92 Å². The molecule has 1 nitrogen and oxygen atoms in total. The molecule has 1 heterocycles. The highest BCUT2D eigenvalue weighted by Crippen LogP contribution is 2.35. The van der Waals surface area contributed by atoms with Gasteiger partial charge in [0.25, 0.3) is 0 Å².